The molecule has 1 rings (SSSR count). The Labute approximate surface area is 104 Å². The van der Waals surface area contributed by atoms with Gasteiger partial charge in [0.1, 0.15) is 0 Å². The smallest absolute Gasteiger partial charge is 0.0718 e. The van der Waals surface area contributed by atoms with E-state index in [0.29, 0.717) is 19.0 Å². The molecule has 3 nitrogen and oxygen atoms in total. The molecule has 3 heteroatoms. The molecule has 0 spiro atoms. The van der Waals surface area contributed by atoms with E-state index in [-0.39, 0.29) is 0 Å². The van der Waals surface area contributed by atoms with Crippen molar-refractivity contribution in [2.45, 2.75) is 25.4 Å². The minimum atomic E-state index is -0.662. The van der Waals surface area contributed by atoms with E-state index in [2.05, 4.69) is 17.0 Å². The van der Waals surface area contributed by atoms with Crippen molar-refractivity contribution in [2.24, 2.45) is 5.73 Å². The van der Waals surface area contributed by atoms with Crippen molar-refractivity contribution in [3.05, 3.63) is 35.9 Å². The van der Waals surface area contributed by atoms with Gasteiger partial charge in [0.2, 0.25) is 0 Å². The van der Waals surface area contributed by atoms with Gasteiger partial charge in [-0.2, -0.15) is 0 Å². The van der Waals surface area contributed by atoms with Crippen LogP contribution in [-0.4, -0.2) is 42.3 Å². The van der Waals surface area contributed by atoms with E-state index in [1.165, 1.54) is 5.56 Å². The molecule has 17 heavy (non-hydrogen) atoms. The van der Waals surface area contributed by atoms with E-state index in [1.54, 1.807) is 0 Å². The molecular formula is C14H24N2O. The third kappa shape index (κ3) is 5.31. The topological polar surface area (TPSA) is 49.5 Å². The zero-order chi connectivity index (χ0) is 12.9. The van der Waals surface area contributed by atoms with Crippen LogP contribution in [0.4, 0.5) is 0 Å². The van der Waals surface area contributed by atoms with Crippen molar-refractivity contribution in [3.8, 4) is 0 Å². The molecule has 0 amide bonds. The number of aliphatic hydroxyl groups is 1. The average Bonchev–Trinajstić information content (AvgIpc) is 2.24. The molecule has 0 aliphatic rings. The summed E-state index contributed by atoms with van der Waals surface area (Å²) in [5, 5.41) is 9.77. The maximum Gasteiger partial charge on any atom is 0.0718 e. The van der Waals surface area contributed by atoms with Crippen LogP contribution in [0.1, 0.15) is 25.3 Å². The minimum Gasteiger partial charge on any atom is -0.389 e. The van der Waals surface area contributed by atoms with Crippen LogP contribution in [0.15, 0.2) is 30.3 Å². The lowest BCUT2D eigenvalue weighted by Crippen LogP contribution is -2.39. The van der Waals surface area contributed by atoms with Gasteiger partial charge in [-0.05, 0) is 26.5 Å². The Morgan fingerprint density at radius 1 is 1.29 bits per heavy atom. The molecule has 1 aromatic carbocycles. The van der Waals surface area contributed by atoms with Crippen molar-refractivity contribution >= 4 is 0 Å². The highest BCUT2D eigenvalue weighted by Gasteiger charge is 2.18. The third-order valence-electron chi connectivity index (χ3n) is 2.74. The van der Waals surface area contributed by atoms with Gasteiger partial charge in [0.05, 0.1) is 5.60 Å². The monoisotopic (exact) mass is 236 g/mol. The molecule has 0 aliphatic heterocycles. The standard InChI is InChI=1S/C14H24N2O/c1-14(2,17)11-16(3)10-13(9-15)12-7-5-4-6-8-12/h4-8,13,17H,9-11,15H2,1-3H3. The van der Waals surface area contributed by atoms with Crippen LogP contribution >= 0.6 is 0 Å². The summed E-state index contributed by atoms with van der Waals surface area (Å²) in [5.41, 5.74) is 6.43. The average molecular weight is 236 g/mol. The first-order valence-electron chi connectivity index (χ1n) is 6.08. The van der Waals surface area contributed by atoms with Crippen molar-refractivity contribution in [2.75, 3.05) is 26.7 Å². The van der Waals surface area contributed by atoms with E-state index in [4.69, 9.17) is 5.73 Å². The Bertz CT molecular complexity index is 319. The van der Waals surface area contributed by atoms with Crippen LogP contribution in [0, 0.1) is 0 Å². The van der Waals surface area contributed by atoms with Crippen LogP contribution < -0.4 is 5.73 Å². The summed E-state index contributed by atoms with van der Waals surface area (Å²) in [7, 11) is 2.02. The Morgan fingerprint density at radius 2 is 1.88 bits per heavy atom. The summed E-state index contributed by atoms with van der Waals surface area (Å²) < 4.78 is 0. The molecule has 0 saturated heterocycles. The molecule has 96 valence electrons. The molecule has 0 bridgehead atoms. The first-order valence-corrected chi connectivity index (χ1v) is 6.08. The number of hydrogen-bond acceptors (Lipinski definition) is 3. The Hall–Kier alpha value is -0.900. The highest BCUT2D eigenvalue weighted by molar-refractivity contribution is 5.20. The quantitative estimate of drug-likeness (QED) is 0.785. The number of nitrogens with zero attached hydrogens (tertiary/aromatic N) is 1. The van der Waals surface area contributed by atoms with Crippen molar-refractivity contribution in [1.82, 2.24) is 4.90 Å². The second-order valence-corrected chi connectivity index (χ2v) is 5.35. The van der Waals surface area contributed by atoms with E-state index in [1.807, 2.05) is 39.1 Å². The second kappa shape index (κ2) is 6.15. The SMILES string of the molecule is CN(CC(CN)c1ccccc1)CC(C)(C)O. The Kier molecular flexibility index (Phi) is 5.12. The van der Waals surface area contributed by atoms with Gasteiger partial charge in [-0.25, -0.2) is 0 Å². The molecule has 1 unspecified atom stereocenters. The summed E-state index contributed by atoms with van der Waals surface area (Å²) >= 11 is 0. The zero-order valence-electron chi connectivity index (χ0n) is 11.1. The van der Waals surface area contributed by atoms with Crippen molar-refractivity contribution < 1.29 is 5.11 Å². The van der Waals surface area contributed by atoms with E-state index in [9.17, 15) is 5.11 Å². The zero-order valence-corrected chi connectivity index (χ0v) is 11.1. The molecule has 0 saturated carbocycles. The lowest BCUT2D eigenvalue weighted by Gasteiger charge is -2.28. The first kappa shape index (κ1) is 14.2. The molecule has 0 heterocycles. The maximum atomic E-state index is 9.77. The van der Waals surface area contributed by atoms with Gasteiger partial charge in [0.15, 0.2) is 0 Å². The number of hydrogen-bond donors (Lipinski definition) is 2. The summed E-state index contributed by atoms with van der Waals surface area (Å²) in [6.07, 6.45) is 0. The van der Waals surface area contributed by atoms with Crippen LogP contribution in [0.2, 0.25) is 0 Å². The third-order valence-corrected chi connectivity index (χ3v) is 2.74. The van der Waals surface area contributed by atoms with Crippen LogP contribution in [-0.2, 0) is 0 Å². The molecule has 1 aromatic rings. The van der Waals surface area contributed by atoms with Crippen LogP contribution in [0.3, 0.4) is 0 Å². The maximum absolute atomic E-state index is 9.77. The summed E-state index contributed by atoms with van der Waals surface area (Å²) in [5.74, 6) is 0.323. The fourth-order valence-electron chi connectivity index (χ4n) is 2.14. The fourth-order valence-corrected chi connectivity index (χ4v) is 2.14. The van der Waals surface area contributed by atoms with Crippen molar-refractivity contribution in [1.29, 1.82) is 0 Å². The largest absolute Gasteiger partial charge is 0.389 e. The molecule has 0 aliphatic carbocycles. The Morgan fingerprint density at radius 3 is 2.35 bits per heavy atom. The van der Waals surface area contributed by atoms with E-state index < -0.39 is 5.60 Å². The van der Waals surface area contributed by atoms with Gasteiger partial charge in [0.25, 0.3) is 0 Å². The molecule has 0 aromatic heterocycles. The Balaban J connectivity index is 2.59. The molecule has 3 N–H and O–H groups in total. The lowest BCUT2D eigenvalue weighted by molar-refractivity contribution is 0.0431. The number of likely N-dealkylation sites (N-methyl/N-ethyl adjacent to an activating group) is 1. The molecule has 0 radical (unpaired) electrons. The molecule has 0 fully saturated rings. The predicted octanol–water partition coefficient (Wildman–Crippen LogP) is 1.43. The lowest BCUT2D eigenvalue weighted by atomic mass is 9.98. The van der Waals surface area contributed by atoms with Crippen LogP contribution in [0.25, 0.3) is 0 Å². The highest BCUT2D eigenvalue weighted by atomic mass is 16.3. The number of rotatable bonds is 6. The minimum absolute atomic E-state index is 0.323. The summed E-state index contributed by atoms with van der Waals surface area (Å²) in [6.45, 7) is 5.79. The van der Waals surface area contributed by atoms with E-state index in [0.717, 1.165) is 6.54 Å². The fraction of sp³-hybridized carbons (Fsp3) is 0.571. The summed E-state index contributed by atoms with van der Waals surface area (Å²) in [6, 6.07) is 10.3. The summed E-state index contributed by atoms with van der Waals surface area (Å²) in [4.78, 5) is 2.13. The molecular weight excluding hydrogens is 212 g/mol. The van der Waals surface area contributed by atoms with Gasteiger partial charge < -0.3 is 15.7 Å². The van der Waals surface area contributed by atoms with Gasteiger partial charge in [-0.1, -0.05) is 30.3 Å². The van der Waals surface area contributed by atoms with Crippen molar-refractivity contribution in [3.63, 3.8) is 0 Å². The number of benzene rings is 1. The number of nitrogens with two attached hydrogens (primary N) is 1. The van der Waals surface area contributed by atoms with Gasteiger partial charge in [-0.15, -0.1) is 0 Å². The van der Waals surface area contributed by atoms with Crippen LogP contribution in [0.5, 0.6) is 0 Å². The molecule has 1 atom stereocenters. The van der Waals surface area contributed by atoms with Gasteiger partial charge in [0, 0.05) is 25.6 Å². The first-order chi connectivity index (χ1) is 7.92. The normalized spacial score (nSPS) is 14.0. The van der Waals surface area contributed by atoms with Gasteiger partial charge >= 0.3 is 0 Å². The van der Waals surface area contributed by atoms with E-state index >= 15 is 0 Å². The highest BCUT2D eigenvalue weighted by Crippen LogP contribution is 2.16. The predicted molar refractivity (Wildman–Crippen MR) is 72.0 cm³/mol. The van der Waals surface area contributed by atoms with Gasteiger partial charge in [-0.3, -0.25) is 0 Å². The second-order valence-electron chi connectivity index (χ2n) is 5.35.